The monoisotopic (exact) mass is 342 g/mol. The molecule has 0 radical (unpaired) electrons. The van der Waals surface area contributed by atoms with Gasteiger partial charge in [0.05, 0.1) is 12.2 Å². The van der Waals surface area contributed by atoms with E-state index in [0.717, 1.165) is 37.9 Å². The standard InChI is InChI=1S/C21H30N2O2/c1-4-6-11-21(24)25-17(3)14-19-16-23(13-12-22-19)20-10-7-9-18(15-20)8-5-2/h7,9-10,12,15-17H,4-6,8,11,13-14H2,1-3H3. The van der Waals surface area contributed by atoms with Crippen LogP contribution in [0.1, 0.15) is 58.4 Å². The number of esters is 1. The van der Waals surface area contributed by atoms with E-state index in [1.807, 2.05) is 13.1 Å². The van der Waals surface area contributed by atoms with Crippen LogP contribution < -0.4 is 4.90 Å². The number of unbranched alkanes of at least 4 members (excludes halogenated alkanes) is 1. The molecule has 1 aromatic rings. The third-order valence-electron chi connectivity index (χ3n) is 4.18. The van der Waals surface area contributed by atoms with Gasteiger partial charge in [-0.05, 0) is 37.5 Å². The number of aliphatic imine (C=N–C) groups is 1. The van der Waals surface area contributed by atoms with Crippen LogP contribution >= 0.6 is 0 Å². The summed E-state index contributed by atoms with van der Waals surface area (Å²) in [7, 11) is 0. The average molecular weight is 342 g/mol. The lowest BCUT2D eigenvalue weighted by atomic mass is 10.1. The molecule has 1 unspecified atom stereocenters. The van der Waals surface area contributed by atoms with E-state index in [1.54, 1.807) is 0 Å². The minimum Gasteiger partial charge on any atom is -0.462 e. The average Bonchev–Trinajstić information content (AvgIpc) is 2.60. The molecule has 4 heteroatoms. The Kier molecular flexibility index (Phi) is 7.71. The molecule has 25 heavy (non-hydrogen) atoms. The Morgan fingerprint density at radius 1 is 1.32 bits per heavy atom. The van der Waals surface area contributed by atoms with Crippen LogP contribution in [0.5, 0.6) is 0 Å². The second-order valence-electron chi connectivity index (χ2n) is 6.61. The third-order valence-corrected chi connectivity index (χ3v) is 4.18. The predicted molar refractivity (Wildman–Crippen MR) is 104 cm³/mol. The predicted octanol–water partition coefficient (Wildman–Crippen LogP) is 4.88. The van der Waals surface area contributed by atoms with Crippen molar-refractivity contribution in [2.24, 2.45) is 4.99 Å². The summed E-state index contributed by atoms with van der Waals surface area (Å²) in [4.78, 5) is 18.4. The second-order valence-corrected chi connectivity index (χ2v) is 6.61. The van der Waals surface area contributed by atoms with Crippen molar-refractivity contribution < 1.29 is 9.53 Å². The van der Waals surface area contributed by atoms with Gasteiger partial charge in [0.15, 0.2) is 0 Å². The van der Waals surface area contributed by atoms with E-state index in [-0.39, 0.29) is 12.1 Å². The Balaban J connectivity index is 1.96. The summed E-state index contributed by atoms with van der Waals surface area (Å²) in [5.41, 5.74) is 3.49. The molecule has 1 heterocycles. The number of hydrogen-bond donors (Lipinski definition) is 0. The van der Waals surface area contributed by atoms with Gasteiger partial charge in [-0.25, -0.2) is 0 Å². The highest BCUT2D eigenvalue weighted by atomic mass is 16.5. The number of benzene rings is 1. The first-order valence-electron chi connectivity index (χ1n) is 9.40. The number of nitrogens with zero attached hydrogens (tertiary/aromatic N) is 2. The van der Waals surface area contributed by atoms with E-state index in [1.165, 1.54) is 11.3 Å². The maximum atomic E-state index is 11.7. The molecule has 0 spiro atoms. The van der Waals surface area contributed by atoms with Gasteiger partial charge >= 0.3 is 5.97 Å². The Morgan fingerprint density at radius 2 is 2.16 bits per heavy atom. The first kappa shape index (κ1) is 19.2. The lowest BCUT2D eigenvalue weighted by Crippen LogP contribution is -2.24. The fraction of sp³-hybridized carbons (Fsp3) is 0.524. The summed E-state index contributed by atoms with van der Waals surface area (Å²) < 4.78 is 5.48. The number of carbonyl (C=O) groups excluding carboxylic acids is 1. The minimum atomic E-state index is -0.154. The van der Waals surface area contributed by atoms with Crippen LogP contribution in [0.4, 0.5) is 5.69 Å². The van der Waals surface area contributed by atoms with Crippen LogP contribution in [0.15, 0.2) is 41.2 Å². The minimum absolute atomic E-state index is 0.112. The van der Waals surface area contributed by atoms with Gasteiger partial charge < -0.3 is 9.64 Å². The van der Waals surface area contributed by atoms with Crippen LogP contribution in [0.25, 0.3) is 0 Å². The van der Waals surface area contributed by atoms with Gasteiger partial charge in [-0.2, -0.15) is 0 Å². The summed E-state index contributed by atoms with van der Waals surface area (Å²) >= 11 is 0. The van der Waals surface area contributed by atoms with E-state index in [4.69, 9.17) is 4.74 Å². The van der Waals surface area contributed by atoms with Crippen LogP contribution in [-0.2, 0) is 16.0 Å². The number of aryl methyl sites for hydroxylation is 1. The molecule has 1 aliphatic rings. The van der Waals surface area contributed by atoms with Gasteiger partial charge in [-0.1, -0.05) is 38.8 Å². The molecular formula is C21H30N2O2. The number of hydrogen-bond acceptors (Lipinski definition) is 4. The Labute approximate surface area is 151 Å². The van der Waals surface area contributed by atoms with Gasteiger partial charge in [0.2, 0.25) is 0 Å². The second kappa shape index (κ2) is 10.0. The topological polar surface area (TPSA) is 41.9 Å². The molecule has 1 aliphatic heterocycles. The van der Waals surface area contributed by atoms with Crippen LogP contribution in [-0.4, -0.2) is 24.8 Å². The van der Waals surface area contributed by atoms with Crippen molar-refractivity contribution in [1.29, 1.82) is 0 Å². The van der Waals surface area contributed by atoms with Gasteiger partial charge in [0.25, 0.3) is 0 Å². The highest BCUT2D eigenvalue weighted by Gasteiger charge is 2.14. The first-order valence-corrected chi connectivity index (χ1v) is 9.40. The first-order chi connectivity index (χ1) is 12.1. The maximum Gasteiger partial charge on any atom is 0.306 e. The van der Waals surface area contributed by atoms with Crippen molar-refractivity contribution in [1.82, 2.24) is 0 Å². The van der Waals surface area contributed by atoms with Gasteiger partial charge in [0.1, 0.15) is 6.10 Å². The normalized spacial score (nSPS) is 15.0. The van der Waals surface area contributed by atoms with Crippen LogP contribution in [0.2, 0.25) is 0 Å². The Hall–Kier alpha value is -2.10. The summed E-state index contributed by atoms with van der Waals surface area (Å²) in [6.07, 6.45) is 9.11. The van der Waals surface area contributed by atoms with Crippen molar-refractivity contribution in [3.05, 3.63) is 41.7 Å². The molecule has 0 aliphatic carbocycles. The fourth-order valence-electron chi connectivity index (χ4n) is 2.92. The summed E-state index contributed by atoms with van der Waals surface area (Å²) in [6, 6.07) is 8.65. The molecule has 136 valence electrons. The van der Waals surface area contributed by atoms with Crippen molar-refractivity contribution in [2.75, 3.05) is 11.4 Å². The summed E-state index contributed by atoms with van der Waals surface area (Å²) in [6.45, 7) is 6.97. The van der Waals surface area contributed by atoms with E-state index in [0.29, 0.717) is 12.8 Å². The number of rotatable bonds is 9. The zero-order valence-corrected chi connectivity index (χ0v) is 15.7. The molecule has 1 aromatic carbocycles. The van der Waals surface area contributed by atoms with Gasteiger partial charge in [-0.15, -0.1) is 0 Å². The van der Waals surface area contributed by atoms with Crippen molar-refractivity contribution in [3.63, 3.8) is 0 Å². The van der Waals surface area contributed by atoms with Crippen LogP contribution in [0, 0.1) is 0 Å². The summed E-state index contributed by atoms with van der Waals surface area (Å²) in [5, 5.41) is 0. The Bertz CT molecular complexity index is 622. The molecule has 0 amide bonds. The van der Waals surface area contributed by atoms with E-state index in [9.17, 15) is 4.79 Å². The largest absolute Gasteiger partial charge is 0.462 e. The highest BCUT2D eigenvalue weighted by molar-refractivity contribution is 5.71. The Morgan fingerprint density at radius 3 is 2.92 bits per heavy atom. The molecule has 2 rings (SSSR count). The quantitative estimate of drug-likeness (QED) is 0.600. The number of carbonyl (C=O) groups is 1. The maximum absolute atomic E-state index is 11.7. The third kappa shape index (κ3) is 6.37. The molecule has 0 aromatic heterocycles. The van der Waals surface area contributed by atoms with E-state index >= 15 is 0 Å². The van der Waals surface area contributed by atoms with Crippen molar-refractivity contribution in [2.45, 2.75) is 65.4 Å². The zero-order chi connectivity index (χ0) is 18.1. The molecule has 0 fully saturated rings. The van der Waals surface area contributed by atoms with E-state index < -0.39 is 0 Å². The van der Waals surface area contributed by atoms with Gasteiger partial charge in [0, 0.05) is 30.9 Å². The molecule has 4 nitrogen and oxygen atoms in total. The van der Waals surface area contributed by atoms with Gasteiger partial charge in [-0.3, -0.25) is 9.79 Å². The molecule has 0 bridgehead atoms. The fourth-order valence-corrected chi connectivity index (χ4v) is 2.92. The number of ether oxygens (including phenoxy) is 1. The SMILES string of the molecule is CCCCC(=O)OC(C)CC1=CN(c2cccc(CCC)c2)CC=N1. The lowest BCUT2D eigenvalue weighted by Gasteiger charge is -2.24. The number of anilines is 1. The molecule has 0 saturated carbocycles. The van der Waals surface area contributed by atoms with Crippen molar-refractivity contribution >= 4 is 17.9 Å². The van der Waals surface area contributed by atoms with Crippen molar-refractivity contribution in [3.8, 4) is 0 Å². The smallest absolute Gasteiger partial charge is 0.306 e. The van der Waals surface area contributed by atoms with E-state index in [2.05, 4.69) is 54.2 Å². The highest BCUT2D eigenvalue weighted by Crippen LogP contribution is 2.22. The summed E-state index contributed by atoms with van der Waals surface area (Å²) in [5.74, 6) is -0.112. The lowest BCUT2D eigenvalue weighted by molar-refractivity contribution is -0.148. The molecule has 0 N–H and O–H groups in total. The molecular weight excluding hydrogens is 312 g/mol. The van der Waals surface area contributed by atoms with Crippen LogP contribution in [0.3, 0.4) is 0 Å². The zero-order valence-electron chi connectivity index (χ0n) is 15.7. The molecule has 1 atom stereocenters. The molecule has 0 saturated heterocycles.